The molecule has 0 aliphatic carbocycles. The van der Waals surface area contributed by atoms with Gasteiger partial charge in [-0.2, -0.15) is 0 Å². The van der Waals surface area contributed by atoms with E-state index in [1.807, 2.05) is 6.92 Å². The van der Waals surface area contributed by atoms with Crippen LogP contribution < -0.4 is 31.4 Å². The number of benzene rings is 1. The van der Waals surface area contributed by atoms with Gasteiger partial charge in [0.1, 0.15) is 12.4 Å². The molecule has 0 fully saturated rings. The first-order chi connectivity index (χ1) is 12.9. The number of hydrogen-bond acceptors (Lipinski definition) is 6. The van der Waals surface area contributed by atoms with Crippen molar-refractivity contribution < 1.29 is 14.3 Å². The van der Waals surface area contributed by atoms with Crippen LogP contribution in [0.3, 0.4) is 0 Å². The lowest BCUT2D eigenvalue weighted by atomic mass is 10.2. The van der Waals surface area contributed by atoms with Crippen LogP contribution in [-0.4, -0.2) is 35.2 Å². The molecule has 1 atom stereocenters. The second kappa shape index (κ2) is 7.56. The van der Waals surface area contributed by atoms with E-state index in [0.29, 0.717) is 24.5 Å². The minimum atomic E-state index is -0.931. The second-order valence-electron chi connectivity index (χ2n) is 6.26. The molecule has 0 radical (unpaired) electrons. The highest BCUT2D eigenvalue weighted by molar-refractivity contribution is 5.98. The Morgan fingerprint density at radius 3 is 2.74 bits per heavy atom. The van der Waals surface area contributed by atoms with Crippen molar-refractivity contribution in [1.29, 1.82) is 0 Å². The number of carbonyl (C=O) groups excluding carboxylic acids is 1. The number of amides is 1. The Morgan fingerprint density at radius 1 is 1.33 bits per heavy atom. The maximum atomic E-state index is 12.8. The molecule has 2 heterocycles. The fraction of sp³-hybridized carbons (Fsp3) is 0.389. The van der Waals surface area contributed by atoms with E-state index < -0.39 is 23.3 Å². The molecule has 1 aromatic carbocycles. The maximum absolute atomic E-state index is 12.8. The van der Waals surface area contributed by atoms with Crippen molar-refractivity contribution in [2.75, 3.05) is 24.3 Å². The molecule has 3 rings (SSSR count). The van der Waals surface area contributed by atoms with E-state index in [2.05, 4.69) is 4.98 Å². The summed E-state index contributed by atoms with van der Waals surface area (Å²) in [5.41, 5.74) is 4.64. The number of nitrogens with zero attached hydrogens (tertiary/aromatic N) is 2. The van der Waals surface area contributed by atoms with Gasteiger partial charge in [0.15, 0.2) is 17.2 Å². The normalized spacial score (nSPS) is 15.4. The van der Waals surface area contributed by atoms with E-state index in [4.69, 9.17) is 15.2 Å². The Morgan fingerprint density at radius 2 is 2.04 bits per heavy atom. The number of nitrogens with one attached hydrogen (secondary N) is 1. The highest BCUT2D eigenvalue weighted by atomic mass is 16.6. The third-order valence-corrected chi connectivity index (χ3v) is 4.40. The summed E-state index contributed by atoms with van der Waals surface area (Å²) in [6.07, 6.45) is 0.630. The van der Waals surface area contributed by atoms with Crippen LogP contribution in [0.5, 0.6) is 11.5 Å². The van der Waals surface area contributed by atoms with Gasteiger partial charge in [0.2, 0.25) is 6.10 Å². The number of rotatable bonds is 5. The first-order valence-corrected chi connectivity index (χ1v) is 8.72. The molecule has 27 heavy (non-hydrogen) atoms. The van der Waals surface area contributed by atoms with E-state index in [1.165, 1.54) is 11.6 Å². The molecule has 1 unspecified atom stereocenters. The van der Waals surface area contributed by atoms with Crippen LogP contribution in [0.4, 0.5) is 11.5 Å². The highest BCUT2D eigenvalue weighted by Gasteiger charge is 2.32. The largest absolute Gasteiger partial charge is 0.485 e. The number of para-hydroxylation sites is 2. The minimum Gasteiger partial charge on any atom is -0.485 e. The van der Waals surface area contributed by atoms with Crippen molar-refractivity contribution >= 4 is 17.4 Å². The van der Waals surface area contributed by atoms with Crippen molar-refractivity contribution in [1.82, 2.24) is 9.55 Å². The molecule has 0 saturated carbocycles. The number of fused-ring (bicyclic) bond motifs is 1. The quantitative estimate of drug-likeness (QED) is 0.796. The number of unbranched alkanes of at least 4 members (excludes halogenated alkanes) is 1. The lowest BCUT2D eigenvalue weighted by Crippen LogP contribution is -2.47. The van der Waals surface area contributed by atoms with E-state index in [1.54, 1.807) is 24.3 Å². The predicted molar refractivity (Wildman–Crippen MR) is 100 cm³/mol. The number of nitrogen functional groups attached to an aromatic ring is 1. The Labute approximate surface area is 155 Å². The third kappa shape index (κ3) is 3.53. The van der Waals surface area contributed by atoms with Crippen LogP contribution in [-0.2, 0) is 11.3 Å². The number of nitrogens with two attached hydrogens (primary N) is 1. The fourth-order valence-corrected chi connectivity index (χ4v) is 2.91. The molecule has 2 aromatic rings. The number of ether oxygens (including phenoxy) is 2. The van der Waals surface area contributed by atoms with Gasteiger partial charge >= 0.3 is 5.69 Å². The molecule has 1 aromatic heterocycles. The van der Waals surface area contributed by atoms with Crippen LogP contribution in [0.1, 0.15) is 19.8 Å². The van der Waals surface area contributed by atoms with Gasteiger partial charge in [-0.3, -0.25) is 19.1 Å². The van der Waals surface area contributed by atoms with Gasteiger partial charge in [0.25, 0.3) is 11.5 Å². The topological polar surface area (TPSA) is 120 Å². The van der Waals surface area contributed by atoms with E-state index >= 15 is 0 Å². The maximum Gasteiger partial charge on any atom is 0.330 e. The first kappa shape index (κ1) is 18.6. The fourth-order valence-electron chi connectivity index (χ4n) is 2.91. The van der Waals surface area contributed by atoms with Crippen LogP contribution in [0.15, 0.2) is 33.9 Å². The molecule has 1 amide bonds. The molecular formula is C18H22N4O5. The lowest BCUT2D eigenvalue weighted by Gasteiger charge is -2.29. The van der Waals surface area contributed by atoms with Crippen molar-refractivity contribution in [3.05, 3.63) is 45.1 Å². The molecule has 1 aliphatic rings. The zero-order chi connectivity index (χ0) is 19.6. The zero-order valence-corrected chi connectivity index (χ0v) is 15.2. The molecule has 9 nitrogen and oxygen atoms in total. The van der Waals surface area contributed by atoms with Crippen molar-refractivity contribution in [2.24, 2.45) is 0 Å². The monoisotopic (exact) mass is 374 g/mol. The molecule has 0 bridgehead atoms. The second-order valence-corrected chi connectivity index (χ2v) is 6.26. The summed E-state index contributed by atoms with van der Waals surface area (Å²) in [5, 5.41) is 0. The van der Waals surface area contributed by atoms with Gasteiger partial charge in [0, 0.05) is 13.6 Å². The van der Waals surface area contributed by atoms with Crippen molar-refractivity contribution in [2.45, 2.75) is 32.4 Å². The minimum absolute atomic E-state index is 0.00741. The Bertz CT molecular complexity index is 965. The molecule has 9 heteroatoms. The lowest BCUT2D eigenvalue weighted by molar-refractivity contribution is -0.127. The number of anilines is 2. The van der Waals surface area contributed by atoms with Crippen molar-refractivity contribution in [3.8, 4) is 11.5 Å². The Balaban J connectivity index is 1.89. The summed E-state index contributed by atoms with van der Waals surface area (Å²) in [7, 11) is 1.42. The van der Waals surface area contributed by atoms with Crippen LogP contribution >= 0.6 is 0 Å². The molecule has 1 aliphatic heterocycles. The Kier molecular flexibility index (Phi) is 5.20. The summed E-state index contributed by atoms with van der Waals surface area (Å²) < 4.78 is 12.5. The summed E-state index contributed by atoms with van der Waals surface area (Å²) in [4.78, 5) is 40.5. The molecule has 0 spiro atoms. The Hall–Kier alpha value is -3.23. The van der Waals surface area contributed by atoms with Gasteiger partial charge in [-0.25, -0.2) is 4.79 Å². The first-order valence-electron chi connectivity index (χ1n) is 8.72. The molecule has 0 saturated heterocycles. The van der Waals surface area contributed by atoms with Gasteiger partial charge in [-0.1, -0.05) is 25.5 Å². The number of carbonyl (C=O) groups is 1. The SMILES string of the molecule is CCCCn1c(N)c(N(C)C(=O)C2COc3ccccc3O2)c(=O)[nH]c1=O. The molecule has 144 valence electrons. The standard InChI is InChI=1S/C18H22N4O5/c1-3-4-9-22-15(19)14(16(23)20-18(22)25)21(2)17(24)13-10-26-11-7-5-6-8-12(11)27-13/h5-8,13H,3-4,9-10,19H2,1-2H3,(H,20,23,25). The third-order valence-electron chi connectivity index (χ3n) is 4.40. The summed E-state index contributed by atoms with van der Waals surface area (Å²) in [5.74, 6) is 0.451. The predicted octanol–water partition coefficient (Wildman–Crippen LogP) is 0.722. The number of aromatic nitrogens is 2. The summed E-state index contributed by atoms with van der Waals surface area (Å²) in [6.45, 7) is 2.33. The van der Waals surface area contributed by atoms with E-state index in [9.17, 15) is 14.4 Å². The molecule has 3 N–H and O–H groups in total. The van der Waals surface area contributed by atoms with E-state index in [0.717, 1.165) is 11.3 Å². The highest BCUT2D eigenvalue weighted by Crippen LogP contribution is 2.31. The molecular weight excluding hydrogens is 352 g/mol. The van der Waals surface area contributed by atoms with Crippen LogP contribution in [0.25, 0.3) is 0 Å². The summed E-state index contributed by atoms with van der Waals surface area (Å²) in [6, 6.07) is 7.01. The van der Waals surface area contributed by atoms with Gasteiger partial charge < -0.3 is 20.1 Å². The van der Waals surface area contributed by atoms with Gasteiger partial charge in [0.05, 0.1) is 0 Å². The average molecular weight is 374 g/mol. The smallest absolute Gasteiger partial charge is 0.330 e. The van der Waals surface area contributed by atoms with Crippen molar-refractivity contribution in [3.63, 3.8) is 0 Å². The van der Waals surface area contributed by atoms with Crippen LogP contribution in [0, 0.1) is 0 Å². The number of aromatic amines is 1. The average Bonchev–Trinajstić information content (AvgIpc) is 2.66. The number of likely N-dealkylation sites (N-methyl/N-ethyl adjacent to an activating group) is 1. The van der Waals surface area contributed by atoms with Gasteiger partial charge in [-0.15, -0.1) is 0 Å². The zero-order valence-electron chi connectivity index (χ0n) is 15.2. The van der Waals surface area contributed by atoms with Gasteiger partial charge in [-0.05, 0) is 18.6 Å². The number of H-pyrrole nitrogens is 1. The van der Waals surface area contributed by atoms with Crippen LogP contribution in [0.2, 0.25) is 0 Å². The number of hydrogen-bond donors (Lipinski definition) is 2. The van der Waals surface area contributed by atoms with E-state index in [-0.39, 0.29) is 18.1 Å². The summed E-state index contributed by atoms with van der Waals surface area (Å²) >= 11 is 0.